The molecule has 5 nitrogen and oxygen atoms in total. The van der Waals surface area contributed by atoms with Gasteiger partial charge >= 0.3 is 5.97 Å². The molecule has 0 saturated heterocycles. The van der Waals surface area contributed by atoms with Gasteiger partial charge in [-0.25, -0.2) is 9.97 Å². The molecule has 0 amide bonds. The fraction of sp³-hybridized carbons (Fsp3) is 0.444. The molecular weight excluding hydrogens is 182 g/mol. The van der Waals surface area contributed by atoms with E-state index >= 15 is 0 Å². The highest BCUT2D eigenvalue weighted by Crippen LogP contribution is 1.95. The van der Waals surface area contributed by atoms with E-state index in [1.807, 2.05) is 0 Å². The topological polar surface area (TPSA) is 78.1 Å². The Morgan fingerprint density at radius 3 is 2.79 bits per heavy atom. The molecule has 1 unspecified atom stereocenters. The molecule has 1 heterocycles. The predicted molar refractivity (Wildman–Crippen MR) is 50.3 cm³/mol. The summed E-state index contributed by atoms with van der Waals surface area (Å²) in [5, 5.41) is 0. The van der Waals surface area contributed by atoms with Gasteiger partial charge in [-0.15, -0.1) is 0 Å². The van der Waals surface area contributed by atoms with Crippen molar-refractivity contribution in [1.29, 1.82) is 0 Å². The number of carbonyl (C=O) groups is 1. The van der Waals surface area contributed by atoms with Crippen LogP contribution < -0.4 is 5.73 Å². The van der Waals surface area contributed by atoms with Crippen LogP contribution in [0.1, 0.15) is 12.7 Å². The summed E-state index contributed by atoms with van der Waals surface area (Å²) in [5.74, 6) is 0.132. The van der Waals surface area contributed by atoms with E-state index in [0.29, 0.717) is 18.9 Å². The fourth-order valence-electron chi connectivity index (χ4n) is 0.965. The van der Waals surface area contributed by atoms with Crippen molar-refractivity contribution in [3.63, 3.8) is 0 Å². The van der Waals surface area contributed by atoms with Crippen molar-refractivity contribution in [3.05, 3.63) is 24.3 Å². The number of nitrogens with zero attached hydrogens (tertiary/aromatic N) is 2. The molecule has 0 saturated carbocycles. The molecule has 76 valence electrons. The molecule has 0 spiro atoms. The Morgan fingerprint density at radius 1 is 1.57 bits per heavy atom. The van der Waals surface area contributed by atoms with Gasteiger partial charge in [0, 0.05) is 18.8 Å². The number of hydrogen-bond acceptors (Lipinski definition) is 5. The van der Waals surface area contributed by atoms with Crippen LogP contribution in [-0.2, 0) is 16.0 Å². The first kappa shape index (κ1) is 10.6. The van der Waals surface area contributed by atoms with Crippen molar-refractivity contribution in [3.8, 4) is 0 Å². The molecule has 0 aliphatic heterocycles. The van der Waals surface area contributed by atoms with Gasteiger partial charge in [0.25, 0.3) is 0 Å². The molecule has 0 bridgehead atoms. The van der Waals surface area contributed by atoms with Crippen LogP contribution in [0.5, 0.6) is 0 Å². The van der Waals surface area contributed by atoms with Crippen LogP contribution in [0.2, 0.25) is 0 Å². The molecule has 0 aliphatic carbocycles. The smallest absolute Gasteiger partial charge is 0.323 e. The maximum Gasteiger partial charge on any atom is 0.323 e. The summed E-state index contributed by atoms with van der Waals surface area (Å²) in [7, 11) is 0. The zero-order valence-corrected chi connectivity index (χ0v) is 8.01. The zero-order chi connectivity index (χ0) is 10.4. The van der Waals surface area contributed by atoms with Gasteiger partial charge in [0.15, 0.2) is 0 Å². The first-order valence-corrected chi connectivity index (χ1v) is 4.42. The fourth-order valence-corrected chi connectivity index (χ4v) is 0.965. The Bertz CT molecular complexity index is 289. The Balaban J connectivity index is 2.49. The highest BCUT2D eigenvalue weighted by atomic mass is 16.5. The predicted octanol–water partition coefficient (Wildman–Crippen LogP) is -0.0905. The molecule has 1 rings (SSSR count). The summed E-state index contributed by atoms with van der Waals surface area (Å²) in [4.78, 5) is 19.1. The Hall–Kier alpha value is -1.49. The molecule has 1 aromatic heterocycles. The molecule has 0 aromatic carbocycles. The van der Waals surface area contributed by atoms with Gasteiger partial charge in [-0.3, -0.25) is 4.79 Å². The second kappa shape index (κ2) is 5.29. The van der Waals surface area contributed by atoms with Gasteiger partial charge in [0.05, 0.1) is 6.61 Å². The lowest BCUT2D eigenvalue weighted by Crippen LogP contribution is -2.34. The van der Waals surface area contributed by atoms with Crippen LogP contribution >= 0.6 is 0 Å². The van der Waals surface area contributed by atoms with Crippen molar-refractivity contribution in [1.82, 2.24) is 9.97 Å². The molecule has 0 radical (unpaired) electrons. The Morgan fingerprint density at radius 2 is 2.21 bits per heavy atom. The van der Waals surface area contributed by atoms with Gasteiger partial charge < -0.3 is 10.5 Å². The van der Waals surface area contributed by atoms with Crippen molar-refractivity contribution >= 4 is 5.97 Å². The minimum absolute atomic E-state index is 0.305. The summed E-state index contributed by atoms with van der Waals surface area (Å²) >= 11 is 0. The summed E-state index contributed by atoms with van der Waals surface area (Å²) in [6, 6.07) is 1.02. The maximum absolute atomic E-state index is 11.1. The summed E-state index contributed by atoms with van der Waals surface area (Å²) in [6.07, 6.45) is 3.53. The normalized spacial score (nSPS) is 12.1. The van der Waals surface area contributed by atoms with Gasteiger partial charge in [0.1, 0.15) is 11.9 Å². The molecule has 5 heteroatoms. The number of esters is 1. The van der Waals surface area contributed by atoms with E-state index in [4.69, 9.17) is 10.5 Å². The number of ether oxygens (including phenoxy) is 1. The second-order valence-corrected chi connectivity index (χ2v) is 2.73. The first-order valence-electron chi connectivity index (χ1n) is 4.42. The summed E-state index contributed by atoms with van der Waals surface area (Å²) in [5.41, 5.74) is 5.58. The lowest BCUT2D eigenvalue weighted by Gasteiger charge is -2.08. The maximum atomic E-state index is 11.1. The minimum atomic E-state index is -0.683. The van der Waals surface area contributed by atoms with E-state index in [1.54, 1.807) is 25.4 Å². The van der Waals surface area contributed by atoms with Crippen LogP contribution in [0.25, 0.3) is 0 Å². The number of aromatic nitrogens is 2. The molecule has 0 aliphatic rings. The van der Waals surface area contributed by atoms with E-state index in [9.17, 15) is 4.79 Å². The molecule has 2 N–H and O–H groups in total. The third kappa shape index (κ3) is 3.10. The van der Waals surface area contributed by atoms with E-state index in [1.165, 1.54) is 0 Å². The van der Waals surface area contributed by atoms with Crippen LogP contribution in [-0.4, -0.2) is 28.6 Å². The van der Waals surface area contributed by atoms with E-state index in [2.05, 4.69) is 9.97 Å². The van der Waals surface area contributed by atoms with Crippen molar-refractivity contribution in [2.45, 2.75) is 19.4 Å². The van der Waals surface area contributed by atoms with Crippen LogP contribution in [0, 0.1) is 0 Å². The lowest BCUT2D eigenvalue weighted by molar-refractivity contribution is -0.144. The molecular formula is C9H13N3O2. The molecule has 1 atom stereocenters. The third-order valence-electron chi connectivity index (χ3n) is 1.61. The largest absolute Gasteiger partial charge is 0.465 e. The van der Waals surface area contributed by atoms with Crippen LogP contribution in [0.3, 0.4) is 0 Å². The van der Waals surface area contributed by atoms with E-state index in [0.717, 1.165) is 0 Å². The highest BCUT2D eigenvalue weighted by Gasteiger charge is 2.15. The quantitative estimate of drug-likeness (QED) is 0.679. The van der Waals surface area contributed by atoms with Crippen LogP contribution in [0.4, 0.5) is 0 Å². The lowest BCUT2D eigenvalue weighted by atomic mass is 10.2. The minimum Gasteiger partial charge on any atom is -0.465 e. The third-order valence-corrected chi connectivity index (χ3v) is 1.61. The van der Waals surface area contributed by atoms with Gasteiger partial charge in [-0.2, -0.15) is 0 Å². The average Bonchev–Trinajstić information content (AvgIpc) is 2.19. The highest BCUT2D eigenvalue weighted by molar-refractivity contribution is 5.75. The number of hydrogen-bond donors (Lipinski definition) is 1. The molecule has 0 fully saturated rings. The van der Waals surface area contributed by atoms with Crippen molar-refractivity contribution in [2.24, 2.45) is 5.73 Å². The SMILES string of the molecule is CCOC(=O)C(N)Cc1ncccn1. The average molecular weight is 195 g/mol. The van der Waals surface area contributed by atoms with Gasteiger partial charge in [-0.05, 0) is 13.0 Å². The second-order valence-electron chi connectivity index (χ2n) is 2.73. The summed E-state index contributed by atoms with van der Waals surface area (Å²) < 4.78 is 4.76. The number of rotatable bonds is 4. The molecule has 14 heavy (non-hydrogen) atoms. The van der Waals surface area contributed by atoms with Crippen LogP contribution in [0.15, 0.2) is 18.5 Å². The van der Waals surface area contributed by atoms with Crippen molar-refractivity contribution in [2.75, 3.05) is 6.61 Å². The van der Waals surface area contributed by atoms with Gasteiger partial charge in [-0.1, -0.05) is 0 Å². The number of nitrogens with two attached hydrogens (primary N) is 1. The molecule has 1 aromatic rings. The van der Waals surface area contributed by atoms with Crippen molar-refractivity contribution < 1.29 is 9.53 Å². The Kier molecular flexibility index (Phi) is 4.00. The number of carbonyl (C=O) groups excluding carboxylic acids is 1. The summed E-state index contributed by atoms with van der Waals surface area (Å²) in [6.45, 7) is 2.08. The monoisotopic (exact) mass is 195 g/mol. The van der Waals surface area contributed by atoms with Gasteiger partial charge in [0.2, 0.25) is 0 Å². The Labute approximate surface area is 82.3 Å². The first-order chi connectivity index (χ1) is 6.74. The standard InChI is InChI=1S/C9H13N3O2/c1-2-14-9(13)7(10)6-8-11-4-3-5-12-8/h3-5,7H,2,6,10H2,1H3. The van der Waals surface area contributed by atoms with E-state index in [-0.39, 0.29) is 0 Å². The van der Waals surface area contributed by atoms with E-state index < -0.39 is 12.0 Å². The zero-order valence-electron chi connectivity index (χ0n) is 8.01.